The lowest BCUT2D eigenvalue weighted by Gasteiger charge is -2.24. The first kappa shape index (κ1) is 20.1. The number of carbonyl (C=O) groups is 1. The van der Waals surface area contributed by atoms with Gasteiger partial charge in [0.2, 0.25) is 10.0 Å². The molecule has 0 bridgehead atoms. The van der Waals surface area contributed by atoms with E-state index in [1.165, 1.54) is 8.99 Å². The van der Waals surface area contributed by atoms with Gasteiger partial charge >= 0.3 is 0 Å². The quantitative estimate of drug-likeness (QED) is 0.728. The van der Waals surface area contributed by atoms with Crippen molar-refractivity contribution in [1.82, 2.24) is 19.0 Å². The zero-order valence-electron chi connectivity index (χ0n) is 16.0. The van der Waals surface area contributed by atoms with Crippen molar-refractivity contribution in [2.75, 3.05) is 26.2 Å². The van der Waals surface area contributed by atoms with Gasteiger partial charge in [-0.3, -0.25) is 9.48 Å². The smallest absolute Gasteiger partial charge is 0.256 e. The Morgan fingerprint density at radius 1 is 1.14 bits per heavy atom. The number of aromatic nitrogens is 2. The molecule has 10 heteroatoms. The average molecular weight is 437 g/mol. The van der Waals surface area contributed by atoms with E-state index in [4.69, 9.17) is 11.6 Å². The van der Waals surface area contributed by atoms with Crippen LogP contribution in [0.3, 0.4) is 0 Å². The molecule has 8 nitrogen and oxygen atoms in total. The molecule has 0 spiro atoms. The van der Waals surface area contributed by atoms with Crippen LogP contribution < -0.4 is 0 Å². The first-order valence-electron chi connectivity index (χ1n) is 9.11. The molecule has 1 aromatic carbocycles. The molecule has 0 fully saturated rings. The minimum atomic E-state index is -3.79. The highest BCUT2D eigenvalue weighted by Gasteiger charge is 2.40. The third-order valence-electron chi connectivity index (χ3n) is 5.36. The second-order valence-electron chi connectivity index (χ2n) is 7.32. The van der Waals surface area contributed by atoms with Crippen LogP contribution in [0.4, 0.5) is 0 Å². The zero-order chi connectivity index (χ0) is 20.9. The Labute approximate surface area is 174 Å². The van der Waals surface area contributed by atoms with E-state index in [9.17, 15) is 18.3 Å². The number of aliphatic hydroxyl groups excluding tert-OH is 1. The summed E-state index contributed by atoms with van der Waals surface area (Å²) in [6, 6.07) is 8.75. The van der Waals surface area contributed by atoms with Gasteiger partial charge in [0.25, 0.3) is 5.91 Å². The monoisotopic (exact) mass is 436 g/mol. The summed E-state index contributed by atoms with van der Waals surface area (Å²) in [6.07, 6.45) is -1.23. The second kappa shape index (κ2) is 7.24. The van der Waals surface area contributed by atoms with Gasteiger partial charge in [-0.25, -0.2) is 8.42 Å². The Morgan fingerprint density at radius 2 is 1.72 bits per heavy atom. The Hall–Kier alpha value is -2.20. The van der Waals surface area contributed by atoms with Crippen molar-refractivity contribution < 1.29 is 18.3 Å². The molecular formula is C19H21ClN4O4S. The molecule has 3 heterocycles. The van der Waals surface area contributed by atoms with E-state index in [0.29, 0.717) is 24.3 Å². The number of aryl methyl sites for hydroxylation is 2. The molecule has 0 saturated carbocycles. The highest BCUT2D eigenvalue weighted by atomic mass is 35.5. The van der Waals surface area contributed by atoms with Crippen molar-refractivity contribution in [3.63, 3.8) is 0 Å². The van der Waals surface area contributed by atoms with Crippen LogP contribution in [-0.4, -0.2) is 64.6 Å². The van der Waals surface area contributed by atoms with E-state index in [-0.39, 0.29) is 29.0 Å². The number of rotatable bonds is 4. The first-order chi connectivity index (χ1) is 13.7. The van der Waals surface area contributed by atoms with Gasteiger partial charge < -0.3 is 10.0 Å². The molecule has 2 aromatic rings. The summed E-state index contributed by atoms with van der Waals surface area (Å²) >= 11 is 6.16. The van der Waals surface area contributed by atoms with Crippen molar-refractivity contribution >= 4 is 27.5 Å². The highest BCUT2D eigenvalue weighted by molar-refractivity contribution is 7.89. The van der Waals surface area contributed by atoms with Gasteiger partial charge in [0.1, 0.15) is 10.0 Å². The summed E-state index contributed by atoms with van der Waals surface area (Å²) in [5, 5.41) is 14.5. The van der Waals surface area contributed by atoms with Crippen LogP contribution in [0.2, 0.25) is 5.15 Å². The fourth-order valence-electron chi connectivity index (χ4n) is 3.85. The lowest BCUT2D eigenvalue weighted by Crippen LogP contribution is -2.38. The number of aliphatic hydroxyl groups is 1. The topological polar surface area (TPSA) is 95.7 Å². The summed E-state index contributed by atoms with van der Waals surface area (Å²) in [5.74, 6) is -0.383. The predicted octanol–water partition coefficient (Wildman–Crippen LogP) is 1.26. The first-order valence-corrected chi connectivity index (χ1v) is 10.9. The normalized spacial score (nSPS) is 18.4. The fourth-order valence-corrected chi connectivity index (χ4v) is 5.99. The SMILES string of the molecule is Cc1nn(C)c(Cl)c1S(=O)(=O)N1CC2=C(CN(C(=O)[C@H](O)c3ccccc3)C2)C1. The number of carbonyl (C=O) groups excluding carboxylic acids is 1. The van der Waals surface area contributed by atoms with Gasteiger partial charge in [-0.2, -0.15) is 9.40 Å². The lowest BCUT2D eigenvalue weighted by molar-refractivity contribution is -0.139. The maximum atomic E-state index is 13.1. The summed E-state index contributed by atoms with van der Waals surface area (Å²) in [6.45, 7) is 2.63. The van der Waals surface area contributed by atoms with Crippen LogP contribution in [0.1, 0.15) is 17.4 Å². The summed E-state index contributed by atoms with van der Waals surface area (Å²) in [7, 11) is -2.20. The van der Waals surface area contributed by atoms with Crippen LogP contribution in [0, 0.1) is 6.92 Å². The van der Waals surface area contributed by atoms with Crippen molar-refractivity contribution in [2.24, 2.45) is 7.05 Å². The molecule has 2 aliphatic rings. The standard InChI is InChI=1S/C19H21ClN4O4S/c1-12-17(18(20)22(2)21-12)29(27,28)24-10-14-8-23(9-15(14)11-24)19(26)16(25)13-6-4-3-5-7-13/h3-7,16,25H,8-11H2,1-2H3/t16-/m1/s1. The summed E-state index contributed by atoms with van der Waals surface area (Å²) < 4.78 is 28.8. The molecule has 1 atom stereocenters. The van der Waals surface area contributed by atoms with Crippen molar-refractivity contribution in [1.29, 1.82) is 0 Å². The van der Waals surface area contributed by atoms with Crippen LogP contribution in [0.25, 0.3) is 0 Å². The maximum absolute atomic E-state index is 13.1. The lowest BCUT2D eigenvalue weighted by atomic mass is 10.1. The number of nitrogens with zero attached hydrogens (tertiary/aromatic N) is 4. The number of hydrogen-bond donors (Lipinski definition) is 1. The molecule has 4 rings (SSSR count). The van der Waals surface area contributed by atoms with Crippen LogP contribution in [0.15, 0.2) is 46.4 Å². The molecule has 0 saturated heterocycles. The zero-order valence-corrected chi connectivity index (χ0v) is 17.6. The summed E-state index contributed by atoms with van der Waals surface area (Å²) in [4.78, 5) is 14.2. The minimum absolute atomic E-state index is 0.0234. The maximum Gasteiger partial charge on any atom is 0.256 e. The number of benzene rings is 1. The largest absolute Gasteiger partial charge is 0.378 e. The molecule has 0 aliphatic carbocycles. The second-order valence-corrected chi connectivity index (χ2v) is 9.55. The van der Waals surface area contributed by atoms with Gasteiger partial charge in [-0.1, -0.05) is 41.9 Å². The predicted molar refractivity (Wildman–Crippen MR) is 107 cm³/mol. The molecular weight excluding hydrogens is 416 g/mol. The third-order valence-corrected chi connectivity index (χ3v) is 7.85. The van der Waals surface area contributed by atoms with E-state index >= 15 is 0 Å². The van der Waals surface area contributed by atoms with E-state index in [0.717, 1.165) is 11.1 Å². The summed E-state index contributed by atoms with van der Waals surface area (Å²) in [5.41, 5.74) is 2.67. The molecule has 0 radical (unpaired) electrons. The number of amides is 1. The molecule has 1 aromatic heterocycles. The average Bonchev–Trinajstić information content (AvgIpc) is 3.33. The molecule has 1 amide bonds. The number of halogens is 1. The Morgan fingerprint density at radius 3 is 2.24 bits per heavy atom. The fraction of sp³-hybridized carbons (Fsp3) is 0.368. The molecule has 29 heavy (non-hydrogen) atoms. The Kier molecular flexibility index (Phi) is 5.02. The van der Waals surface area contributed by atoms with E-state index in [1.54, 1.807) is 43.1 Å². The molecule has 0 unspecified atom stereocenters. The van der Waals surface area contributed by atoms with Crippen LogP contribution in [0.5, 0.6) is 0 Å². The van der Waals surface area contributed by atoms with E-state index in [1.807, 2.05) is 6.07 Å². The van der Waals surface area contributed by atoms with Crippen LogP contribution >= 0.6 is 11.6 Å². The van der Waals surface area contributed by atoms with Crippen molar-refractivity contribution in [3.8, 4) is 0 Å². The minimum Gasteiger partial charge on any atom is -0.378 e. The van der Waals surface area contributed by atoms with Gasteiger partial charge in [0.05, 0.1) is 5.69 Å². The Balaban J connectivity index is 1.46. The van der Waals surface area contributed by atoms with E-state index in [2.05, 4.69) is 5.10 Å². The molecule has 154 valence electrons. The van der Waals surface area contributed by atoms with Gasteiger partial charge in [-0.05, 0) is 23.6 Å². The number of hydrogen-bond acceptors (Lipinski definition) is 5. The Bertz CT molecular complexity index is 1090. The molecule has 1 N–H and O–H groups in total. The van der Waals surface area contributed by atoms with Gasteiger partial charge in [-0.15, -0.1) is 0 Å². The van der Waals surface area contributed by atoms with Gasteiger partial charge in [0, 0.05) is 33.2 Å². The molecule has 2 aliphatic heterocycles. The van der Waals surface area contributed by atoms with Gasteiger partial charge in [0.15, 0.2) is 6.10 Å². The van der Waals surface area contributed by atoms with Crippen LogP contribution in [-0.2, 0) is 21.9 Å². The third kappa shape index (κ3) is 3.38. The highest BCUT2D eigenvalue weighted by Crippen LogP contribution is 2.34. The van der Waals surface area contributed by atoms with Crippen molar-refractivity contribution in [3.05, 3.63) is 57.9 Å². The van der Waals surface area contributed by atoms with E-state index < -0.39 is 16.1 Å². The number of sulfonamides is 1. The van der Waals surface area contributed by atoms with Crippen molar-refractivity contribution in [2.45, 2.75) is 17.9 Å².